The fourth-order valence-electron chi connectivity index (χ4n) is 3.14. The van der Waals surface area contributed by atoms with Crippen LogP contribution in [0.25, 0.3) is 0 Å². The van der Waals surface area contributed by atoms with Gasteiger partial charge in [0.25, 0.3) is 0 Å². The van der Waals surface area contributed by atoms with E-state index in [2.05, 4.69) is 10.6 Å². The molecular formula is C17H23F2N3O2. The van der Waals surface area contributed by atoms with Crippen LogP contribution in [0.2, 0.25) is 0 Å². The number of benzene rings is 1. The van der Waals surface area contributed by atoms with Crippen LogP contribution < -0.4 is 10.6 Å². The normalized spacial score (nSPS) is 20.6. The van der Waals surface area contributed by atoms with Crippen LogP contribution in [-0.2, 0) is 9.59 Å². The van der Waals surface area contributed by atoms with Crippen LogP contribution in [-0.4, -0.2) is 35.3 Å². The van der Waals surface area contributed by atoms with E-state index in [1.165, 1.54) is 6.92 Å². The number of hydrogen-bond acceptors (Lipinski definition) is 3. The van der Waals surface area contributed by atoms with Crippen molar-refractivity contribution < 1.29 is 18.4 Å². The summed E-state index contributed by atoms with van der Waals surface area (Å²) in [4.78, 5) is 25.3. The van der Waals surface area contributed by atoms with Gasteiger partial charge in [0.1, 0.15) is 11.6 Å². The highest BCUT2D eigenvalue weighted by Gasteiger charge is 2.28. The minimum atomic E-state index is -0.863. The summed E-state index contributed by atoms with van der Waals surface area (Å²) < 4.78 is 27.5. The molecule has 0 aromatic heterocycles. The van der Waals surface area contributed by atoms with Crippen LogP contribution in [0.4, 0.5) is 20.2 Å². The summed E-state index contributed by atoms with van der Waals surface area (Å²) in [5.74, 6) is -2.26. The zero-order valence-electron chi connectivity index (χ0n) is 14.2. The Morgan fingerprint density at radius 3 is 2.29 bits per heavy atom. The fraction of sp³-hybridized carbons (Fsp3) is 0.529. The molecule has 0 spiro atoms. The van der Waals surface area contributed by atoms with E-state index in [-0.39, 0.29) is 35.9 Å². The number of nitrogens with zero attached hydrogens (tertiary/aromatic N) is 1. The molecule has 1 saturated heterocycles. The Morgan fingerprint density at radius 1 is 1.12 bits per heavy atom. The SMILES string of the molecule is CC(=O)Nc1cc(NCC(=O)N2[C@H](C)CCC[C@H]2C)c(F)cc1F. The molecule has 24 heavy (non-hydrogen) atoms. The third-order valence-corrected chi connectivity index (χ3v) is 4.28. The van der Waals surface area contributed by atoms with Crippen molar-refractivity contribution in [3.8, 4) is 0 Å². The quantitative estimate of drug-likeness (QED) is 0.886. The molecule has 1 aliphatic rings. The van der Waals surface area contributed by atoms with Gasteiger partial charge < -0.3 is 15.5 Å². The molecule has 1 heterocycles. The van der Waals surface area contributed by atoms with Gasteiger partial charge in [-0.1, -0.05) is 0 Å². The van der Waals surface area contributed by atoms with Crippen molar-refractivity contribution in [2.45, 2.75) is 52.1 Å². The lowest BCUT2D eigenvalue weighted by atomic mass is 9.97. The summed E-state index contributed by atoms with van der Waals surface area (Å²) in [5, 5.41) is 5.00. The molecule has 1 aromatic rings. The van der Waals surface area contributed by atoms with Gasteiger partial charge in [-0.05, 0) is 39.2 Å². The summed E-state index contributed by atoms with van der Waals surface area (Å²) in [6.45, 7) is 5.15. The molecule has 2 rings (SSSR count). The predicted molar refractivity (Wildman–Crippen MR) is 88.8 cm³/mol. The van der Waals surface area contributed by atoms with Gasteiger partial charge in [0, 0.05) is 25.1 Å². The number of carbonyl (C=O) groups is 2. The van der Waals surface area contributed by atoms with Crippen LogP contribution in [0, 0.1) is 11.6 Å². The molecule has 1 aromatic carbocycles. The first-order valence-corrected chi connectivity index (χ1v) is 8.11. The number of halogens is 2. The number of anilines is 2. The lowest BCUT2D eigenvalue weighted by Crippen LogP contribution is -2.49. The molecule has 2 atom stereocenters. The fourth-order valence-corrected chi connectivity index (χ4v) is 3.14. The minimum Gasteiger partial charge on any atom is -0.374 e. The first-order chi connectivity index (χ1) is 11.3. The van der Waals surface area contributed by atoms with Crippen LogP contribution in [0.3, 0.4) is 0 Å². The number of rotatable bonds is 4. The van der Waals surface area contributed by atoms with Crippen LogP contribution in [0.5, 0.6) is 0 Å². The van der Waals surface area contributed by atoms with Crippen molar-refractivity contribution in [1.29, 1.82) is 0 Å². The standard InChI is InChI=1S/C17H23F2N3O2/c1-10-5-4-6-11(2)22(10)17(24)9-20-15-8-16(21-12(3)23)14(19)7-13(15)18/h7-8,10-11,20H,4-6,9H2,1-3H3,(H,21,23)/t10-,11-/m1/s1. The Labute approximate surface area is 140 Å². The Bertz CT molecular complexity index is 627. The molecule has 0 bridgehead atoms. The second-order valence-electron chi connectivity index (χ2n) is 6.28. The molecule has 1 aliphatic heterocycles. The molecule has 5 nitrogen and oxygen atoms in total. The lowest BCUT2D eigenvalue weighted by molar-refractivity contribution is -0.135. The molecule has 2 N–H and O–H groups in total. The number of hydrogen-bond donors (Lipinski definition) is 2. The van der Waals surface area contributed by atoms with Gasteiger partial charge in [0.2, 0.25) is 11.8 Å². The Morgan fingerprint density at radius 2 is 1.71 bits per heavy atom. The number of carbonyl (C=O) groups excluding carboxylic acids is 2. The highest BCUT2D eigenvalue weighted by atomic mass is 19.1. The van der Waals surface area contributed by atoms with E-state index in [4.69, 9.17) is 0 Å². The van der Waals surface area contributed by atoms with Gasteiger partial charge in [0.15, 0.2) is 0 Å². The van der Waals surface area contributed by atoms with E-state index in [0.29, 0.717) is 6.07 Å². The summed E-state index contributed by atoms with van der Waals surface area (Å²) in [5.41, 5.74) is -0.149. The Hall–Kier alpha value is -2.18. The number of piperidine rings is 1. The second-order valence-corrected chi connectivity index (χ2v) is 6.28. The molecule has 2 amide bonds. The largest absolute Gasteiger partial charge is 0.374 e. The van der Waals surface area contributed by atoms with Gasteiger partial charge in [-0.3, -0.25) is 9.59 Å². The van der Waals surface area contributed by atoms with Gasteiger partial charge in [0.05, 0.1) is 17.9 Å². The third-order valence-electron chi connectivity index (χ3n) is 4.28. The number of amides is 2. The van der Waals surface area contributed by atoms with Crippen molar-refractivity contribution in [3.63, 3.8) is 0 Å². The third kappa shape index (κ3) is 4.21. The van der Waals surface area contributed by atoms with Crippen molar-refractivity contribution in [3.05, 3.63) is 23.8 Å². The smallest absolute Gasteiger partial charge is 0.242 e. The maximum Gasteiger partial charge on any atom is 0.242 e. The summed E-state index contributed by atoms with van der Waals surface area (Å²) >= 11 is 0. The molecule has 0 unspecified atom stereocenters. The van der Waals surface area contributed by atoms with E-state index >= 15 is 0 Å². The average Bonchev–Trinajstić information content (AvgIpc) is 2.48. The Kier molecular flexibility index (Phi) is 5.75. The van der Waals surface area contributed by atoms with Crippen LogP contribution in [0.1, 0.15) is 40.0 Å². The van der Waals surface area contributed by atoms with Crippen LogP contribution in [0.15, 0.2) is 12.1 Å². The Balaban J connectivity index is 2.08. The number of likely N-dealkylation sites (tertiary alicyclic amines) is 1. The molecule has 0 aliphatic carbocycles. The summed E-state index contributed by atoms with van der Waals surface area (Å²) in [7, 11) is 0. The van der Waals surface area contributed by atoms with Gasteiger partial charge in [-0.15, -0.1) is 0 Å². The molecular weight excluding hydrogens is 316 g/mol. The summed E-state index contributed by atoms with van der Waals surface area (Å²) in [6, 6.07) is 2.14. The molecule has 7 heteroatoms. The van der Waals surface area contributed by atoms with E-state index in [0.717, 1.165) is 25.3 Å². The monoisotopic (exact) mass is 339 g/mol. The predicted octanol–water partition coefficient (Wildman–Crippen LogP) is 3.12. The molecule has 0 saturated carbocycles. The average molecular weight is 339 g/mol. The zero-order valence-corrected chi connectivity index (χ0v) is 14.2. The van der Waals surface area contributed by atoms with Gasteiger partial charge in [-0.25, -0.2) is 8.78 Å². The maximum absolute atomic E-state index is 13.9. The number of nitrogens with one attached hydrogen (secondary N) is 2. The first-order valence-electron chi connectivity index (χ1n) is 8.11. The van der Waals surface area contributed by atoms with Crippen molar-refractivity contribution in [1.82, 2.24) is 4.90 Å². The topological polar surface area (TPSA) is 61.4 Å². The lowest BCUT2D eigenvalue weighted by Gasteiger charge is -2.39. The molecule has 1 fully saturated rings. The van der Waals surface area contributed by atoms with Crippen molar-refractivity contribution >= 4 is 23.2 Å². The second kappa shape index (κ2) is 7.59. The van der Waals surface area contributed by atoms with E-state index in [1.807, 2.05) is 18.7 Å². The van der Waals surface area contributed by atoms with Crippen LogP contribution >= 0.6 is 0 Å². The highest BCUT2D eigenvalue weighted by Crippen LogP contribution is 2.25. The van der Waals surface area contributed by atoms with Gasteiger partial charge >= 0.3 is 0 Å². The van der Waals surface area contributed by atoms with E-state index < -0.39 is 17.5 Å². The first kappa shape index (κ1) is 18.2. The van der Waals surface area contributed by atoms with E-state index in [1.54, 1.807) is 0 Å². The minimum absolute atomic E-state index is 0.0224. The molecule has 0 radical (unpaired) electrons. The van der Waals surface area contributed by atoms with Gasteiger partial charge in [-0.2, -0.15) is 0 Å². The molecule has 132 valence electrons. The van der Waals surface area contributed by atoms with Crippen molar-refractivity contribution in [2.75, 3.05) is 17.2 Å². The highest BCUT2D eigenvalue weighted by molar-refractivity contribution is 5.89. The van der Waals surface area contributed by atoms with E-state index in [9.17, 15) is 18.4 Å². The van der Waals surface area contributed by atoms with Crippen molar-refractivity contribution in [2.24, 2.45) is 0 Å². The zero-order chi connectivity index (χ0) is 17.9. The maximum atomic E-state index is 13.9. The summed E-state index contributed by atoms with van der Waals surface area (Å²) in [6.07, 6.45) is 2.99.